The molecule has 1 saturated heterocycles. The molecule has 0 unspecified atom stereocenters. The summed E-state index contributed by atoms with van der Waals surface area (Å²) in [6, 6.07) is 9.09. The van der Waals surface area contributed by atoms with Crippen LogP contribution >= 0.6 is 22.9 Å². The number of hydrogen-bond acceptors (Lipinski definition) is 3. The molecular weight excluding hydrogens is 332 g/mol. The third-order valence-electron chi connectivity index (χ3n) is 3.54. The first-order valence-corrected chi connectivity index (χ1v) is 8.52. The van der Waals surface area contributed by atoms with Gasteiger partial charge in [0.2, 0.25) is 11.8 Å². The zero-order valence-electron chi connectivity index (χ0n) is 12.3. The molecule has 1 fully saturated rings. The number of nitrogens with zero attached hydrogens (tertiary/aromatic N) is 1. The van der Waals surface area contributed by atoms with E-state index in [4.69, 9.17) is 11.6 Å². The van der Waals surface area contributed by atoms with Crippen LogP contribution in [0.3, 0.4) is 0 Å². The molecule has 0 atom stereocenters. The summed E-state index contributed by atoms with van der Waals surface area (Å²) in [6.07, 6.45) is 4.64. The fourth-order valence-electron chi connectivity index (χ4n) is 2.42. The maximum absolute atomic E-state index is 12.0. The number of carbonyl (C=O) groups excluding carboxylic acids is 2. The van der Waals surface area contributed by atoms with E-state index >= 15 is 0 Å². The zero-order valence-corrected chi connectivity index (χ0v) is 13.9. The van der Waals surface area contributed by atoms with E-state index in [1.165, 1.54) is 6.08 Å². The predicted octanol–water partition coefficient (Wildman–Crippen LogP) is 4.18. The molecule has 1 aromatic carbocycles. The van der Waals surface area contributed by atoms with E-state index < -0.39 is 0 Å². The van der Waals surface area contributed by atoms with Gasteiger partial charge in [0.1, 0.15) is 0 Å². The first-order chi connectivity index (χ1) is 11.1. The highest BCUT2D eigenvalue weighted by atomic mass is 35.5. The van der Waals surface area contributed by atoms with Crippen molar-refractivity contribution in [2.45, 2.75) is 12.8 Å². The largest absolute Gasteiger partial charge is 0.321 e. The van der Waals surface area contributed by atoms with Gasteiger partial charge in [-0.1, -0.05) is 17.7 Å². The van der Waals surface area contributed by atoms with E-state index in [1.54, 1.807) is 40.5 Å². The third-order valence-corrected chi connectivity index (χ3v) is 4.70. The van der Waals surface area contributed by atoms with Gasteiger partial charge in [0.25, 0.3) is 0 Å². The summed E-state index contributed by atoms with van der Waals surface area (Å²) in [5.41, 5.74) is 1.26. The summed E-state index contributed by atoms with van der Waals surface area (Å²) in [4.78, 5) is 26.6. The van der Waals surface area contributed by atoms with Crippen molar-refractivity contribution in [2.75, 3.05) is 16.8 Å². The maximum atomic E-state index is 12.0. The Bertz CT molecular complexity index is 756. The van der Waals surface area contributed by atoms with Crippen LogP contribution in [0.4, 0.5) is 11.4 Å². The Kier molecular flexibility index (Phi) is 4.79. The molecule has 1 N–H and O–H groups in total. The van der Waals surface area contributed by atoms with Crippen LogP contribution in [0.1, 0.15) is 17.7 Å². The van der Waals surface area contributed by atoms with Crippen molar-refractivity contribution in [1.82, 2.24) is 0 Å². The molecule has 0 saturated carbocycles. The SMILES string of the molecule is O=C(/C=C/c1cccs1)Nc1cc(N2CCCC2=O)ccc1Cl. The maximum Gasteiger partial charge on any atom is 0.248 e. The number of anilines is 2. The number of thiophene rings is 1. The Morgan fingerprint density at radius 2 is 2.22 bits per heavy atom. The predicted molar refractivity (Wildman–Crippen MR) is 95.0 cm³/mol. The average molecular weight is 347 g/mol. The fraction of sp³-hybridized carbons (Fsp3) is 0.176. The van der Waals surface area contributed by atoms with Crippen LogP contribution in [0.25, 0.3) is 6.08 Å². The average Bonchev–Trinajstić information content (AvgIpc) is 3.19. The molecule has 0 radical (unpaired) electrons. The minimum atomic E-state index is -0.259. The molecule has 2 aromatic rings. The molecule has 2 amide bonds. The van der Waals surface area contributed by atoms with Crippen molar-refractivity contribution in [2.24, 2.45) is 0 Å². The number of nitrogens with one attached hydrogen (secondary N) is 1. The molecule has 3 rings (SSSR count). The van der Waals surface area contributed by atoms with E-state index in [1.807, 2.05) is 17.5 Å². The van der Waals surface area contributed by atoms with E-state index in [2.05, 4.69) is 5.32 Å². The Hall–Kier alpha value is -2.11. The van der Waals surface area contributed by atoms with E-state index in [0.717, 1.165) is 17.0 Å². The Balaban J connectivity index is 1.74. The van der Waals surface area contributed by atoms with E-state index in [-0.39, 0.29) is 11.8 Å². The molecule has 118 valence electrons. The van der Waals surface area contributed by atoms with Gasteiger partial charge in [0, 0.05) is 29.6 Å². The molecular formula is C17H15ClN2O2S. The van der Waals surface area contributed by atoms with E-state index in [0.29, 0.717) is 23.7 Å². The van der Waals surface area contributed by atoms with Gasteiger partial charge >= 0.3 is 0 Å². The summed E-state index contributed by atoms with van der Waals surface area (Å²) in [6.45, 7) is 0.701. The minimum Gasteiger partial charge on any atom is -0.321 e. The van der Waals surface area contributed by atoms with Crippen LogP contribution < -0.4 is 10.2 Å². The third kappa shape index (κ3) is 3.81. The summed E-state index contributed by atoms with van der Waals surface area (Å²) >= 11 is 7.70. The number of carbonyl (C=O) groups is 2. The summed E-state index contributed by atoms with van der Waals surface area (Å²) in [5, 5.41) is 5.15. The molecule has 0 spiro atoms. The van der Waals surface area contributed by atoms with Crippen LogP contribution in [0.15, 0.2) is 41.8 Å². The quantitative estimate of drug-likeness (QED) is 0.844. The molecule has 1 aliphatic heterocycles. The van der Waals surface area contributed by atoms with Crippen molar-refractivity contribution in [3.8, 4) is 0 Å². The normalized spacial score (nSPS) is 14.7. The van der Waals surface area contributed by atoms with Crippen LogP contribution in [-0.2, 0) is 9.59 Å². The van der Waals surface area contributed by atoms with Crippen molar-refractivity contribution in [3.63, 3.8) is 0 Å². The molecule has 2 heterocycles. The van der Waals surface area contributed by atoms with Crippen molar-refractivity contribution in [3.05, 3.63) is 51.7 Å². The first-order valence-electron chi connectivity index (χ1n) is 7.26. The molecule has 1 aromatic heterocycles. The number of halogens is 1. The van der Waals surface area contributed by atoms with Crippen molar-refractivity contribution in [1.29, 1.82) is 0 Å². The molecule has 1 aliphatic rings. The van der Waals surface area contributed by atoms with Gasteiger partial charge in [-0.2, -0.15) is 0 Å². The van der Waals surface area contributed by atoms with Gasteiger partial charge in [0.15, 0.2) is 0 Å². The van der Waals surface area contributed by atoms with Gasteiger partial charge in [-0.15, -0.1) is 11.3 Å². The summed E-state index contributed by atoms with van der Waals surface area (Å²) < 4.78 is 0. The summed E-state index contributed by atoms with van der Waals surface area (Å²) in [7, 11) is 0. The number of amides is 2. The van der Waals surface area contributed by atoms with Crippen molar-refractivity contribution < 1.29 is 9.59 Å². The van der Waals surface area contributed by atoms with E-state index in [9.17, 15) is 9.59 Å². The number of hydrogen-bond donors (Lipinski definition) is 1. The first kappa shape index (κ1) is 15.8. The number of rotatable bonds is 4. The van der Waals surface area contributed by atoms with Gasteiger partial charge in [0.05, 0.1) is 10.7 Å². The standard InChI is InChI=1S/C17H15ClN2O2S/c18-14-7-5-12(20-9-1-4-17(20)22)11-15(14)19-16(21)8-6-13-3-2-10-23-13/h2-3,5-8,10-11H,1,4,9H2,(H,19,21)/b8-6+. The molecule has 6 heteroatoms. The lowest BCUT2D eigenvalue weighted by atomic mass is 10.2. The van der Waals surface area contributed by atoms with Crippen LogP contribution in [0.5, 0.6) is 0 Å². The molecule has 0 aliphatic carbocycles. The second-order valence-corrected chi connectivity index (χ2v) is 6.54. The lowest BCUT2D eigenvalue weighted by molar-refractivity contribution is -0.117. The lowest BCUT2D eigenvalue weighted by Crippen LogP contribution is -2.23. The molecule has 23 heavy (non-hydrogen) atoms. The second-order valence-electron chi connectivity index (χ2n) is 5.15. The highest BCUT2D eigenvalue weighted by molar-refractivity contribution is 7.10. The fourth-order valence-corrected chi connectivity index (χ4v) is 3.20. The number of benzene rings is 1. The molecule has 0 bridgehead atoms. The minimum absolute atomic E-state index is 0.0993. The second kappa shape index (κ2) is 6.98. The van der Waals surface area contributed by atoms with Gasteiger partial charge in [-0.3, -0.25) is 9.59 Å². The van der Waals surface area contributed by atoms with Crippen LogP contribution in [0.2, 0.25) is 5.02 Å². The highest BCUT2D eigenvalue weighted by Gasteiger charge is 2.22. The topological polar surface area (TPSA) is 49.4 Å². The smallest absolute Gasteiger partial charge is 0.248 e. The Morgan fingerprint density at radius 3 is 2.91 bits per heavy atom. The highest BCUT2D eigenvalue weighted by Crippen LogP contribution is 2.30. The zero-order chi connectivity index (χ0) is 16.2. The Labute approximate surface area is 143 Å². The van der Waals surface area contributed by atoms with Gasteiger partial charge in [-0.25, -0.2) is 0 Å². The Morgan fingerprint density at radius 1 is 1.35 bits per heavy atom. The molecule has 4 nitrogen and oxygen atoms in total. The monoisotopic (exact) mass is 346 g/mol. The van der Waals surface area contributed by atoms with Crippen LogP contribution in [0, 0.1) is 0 Å². The van der Waals surface area contributed by atoms with Gasteiger partial charge < -0.3 is 10.2 Å². The lowest BCUT2D eigenvalue weighted by Gasteiger charge is -2.17. The van der Waals surface area contributed by atoms with Gasteiger partial charge in [-0.05, 0) is 42.1 Å². The summed E-state index contributed by atoms with van der Waals surface area (Å²) in [5.74, 6) is -0.160. The van der Waals surface area contributed by atoms with Crippen molar-refractivity contribution >= 4 is 52.2 Å². The van der Waals surface area contributed by atoms with Crippen LogP contribution in [-0.4, -0.2) is 18.4 Å².